The topological polar surface area (TPSA) is 60.2 Å². The minimum atomic E-state index is 0.387. The molecule has 2 aliphatic carbocycles. The van der Waals surface area contributed by atoms with E-state index in [4.69, 9.17) is 10.5 Å². The Hall–Kier alpha value is -1.45. The number of anilines is 2. The normalized spacial score (nSPS) is 24.7. The van der Waals surface area contributed by atoms with Crippen LogP contribution in [0.15, 0.2) is 12.1 Å². The Morgan fingerprint density at radius 3 is 2.78 bits per heavy atom. The van der Waals surface area contributed by atoms with E-state index in [0.29, 0.717) is 28.9 Å². The first-order valence-corrected chi connectivity index (χ1v) is 6.70. The van der Waals surface area contributed by atoms with Crippen LogP contribution in [0.3, 0.4) is 0 Å². The van der Waals surface area contributed by atoms with Gasteiger partial charge >= 0.3 is 0 Å². The molecule has 1 atom stereocenters. The van der Waals surface area contributed by atoms with Crippen LogP contribution < -0.4 is 15.8 Å². The molecule has 0 amide bonds. The van der Waals surface area contributed by atoms with Gasteiger partial charge in [0.15, 0.2) is 0 Å². The van der Waals surface area contributed by atoms with Gasteiger partial charge in [-0.3, -0.25) is 0 Å². The van der Waals surface area contributed by atoms with Gasteiger partial charge < -0.3 is 15.8 Å². The summed E-state index contributed by atoms with van der Waals surface area (Å²) < 4.78 is 5.68. The summed E-state index contributed by atoms with van der Waals surface area (Å²) in [6, 6.07) is 4.31. The Morgan fingerprint density at radius 2 is 2.17 bits per heavy atom. The van der Waals surface area contributed by atoms with Crippen LogP contribution in [0.5, 0.6) is 5.88 Å². The van der Waals surface area contributed by atoms with E-state index >= 15 is 0 Å². The van der Waals surface area contributed by atoms with E-state index in [0.717, 1.165) is 12.4 Å². The zero-order chi connectivity index (χ0) is 12.8. The Labute approximate surface area is 108 Å². The first-order chi connectivity index (χ1) is 8.54. The van der Waals surface area contributed by atoms with Crippen molar-refractivity contribution in [3.63, 3.8) is 0 Å². The zero-order valence-corrected chi connectivity index (χ0v) is 11.1. The second-order valence-electron chi connectivity index (χ2n) is 6.23. The quantitative estimate of drug-likeness (QED) is 0.839. The second-order valence-corrected chi connectivity index (χ2v) is 6.23. The molecule has 0 saturated heterocycles. The third-order valence-corrected chi connectivity index (χ3v) is 3.88. The second kappa shape index (κ2) is 4.04. The summed E-state index contributed by atoms with van der Waals surface area (Å²) in [4.78, 5) is 4.46. The lowest BCUT2D eigenvalue weighted by Gasteiger charge is -2.11. The van der Waals surface area contributed by atoms with E-state index in [9.17, 15) is 0 Å². The summed E-state index contributed by atoms with van der Waals surface area (Å²) >= 11 is 0. The van der Waals surface area contributed by atoms with Crippen LogP contribution in [0.2, 0.25) is 0 Å². The molecule has 18 heavy (non-hydrogen) atoms. The molecule has 1 unspecified atom stereocenters. The number of hydrogen-bond acceptors (Lipinski definition) is 4. The molecule has 0 radical (unpaired) electrons. The monoisotopic (exact) mass is 247 g/mol. The van der Waals surface area contributed by atoms with Gasteiger partial charge in [-0.15, -0.1) is 0 Å². The van der Waals surface area contributed by atoms with Gasteiger partial charge in [0.2, 0.25) is 5.88 Å². The van der Waals surface area contributed by atoms with Crippen molar-refractivity contribution >= 4 is 11.5 Å². The molecule has 2 fully saturated rings. The van der Waals surface area contributed by atoms with Gasteiger partial charge in [0, 0.05) is 6.04 Å². The van der Waals surface area contributed by atoms with Crippen LogP contribution in [0.25, 0.3) is 0 Å². The maximum absolute atomic E-state index is 5.88. The Balaban J connectivity index is 1.65. The average Bonchev–Trinajstić information content (AvgIpc) is 3.20. The number of hydrogen-bond donors (Lipinski definition) is 2. The largest absolute Gasteiger partial charge is 0.476 e. The molecule has 2 aliphatic rings. The number of nitrogens with two attached hydrogens (primary N) is 1. The third kappa shape index (κ3) is 2.52. The number of ether oxygens (including phenoxy) is 1. The lowest BCUT2D eigenvalue weighted by molar-refractivity contribution is 0.290. The predicted octanol–water partition coefficient (Wildman–Crippen LogP) is 2.66. The molecule has 0 aliphatic heterocycles. The summed E-state index contributed by atoms with van der Waals surface area (Å²) in [6.45, 7) is 5.26. The van der Waals surface area contributed by atoms with Crippen LogP contribution in [0, 0.1) is 11.3 Å². The van der Waals surface area contributed by atoms with Crippen molar-refractivity contribution in [3.8, 4) is 5.88 Å². The number of nitrogens with one attached hydrogen (secondary N) is 1. The Kier molecular flexibility index (Phi) is 2.61. The highest BCUT2D eigenvalue weighted by atomic mass is 16.5. The van der Waals surface area contributed by atoms with Crippen molar-refractivity contribution in [2.24, 2.45) is 11.3 Å². The van der Waals surface area contributed by atoms with Crippen molar-refractivity contribution in [2.75, 3.05) is 17.7 Å². The predicted molar refractivity (Wildman–Crippen MR) is 72.7 cm³/mol. The van der Waals surface area contributed by atoms with Gasteiger partial charge in [-0.2, -0.15) is 4.98 Å². The van der Waals surface area contributed by atoms with Crippen molar-refractivity contribution < 1.29 is 4.74 Å². The SMILES string of the molecule is CC1(C)CC1Nc1ccc(N)c(OCC2CC2)n1. The summed E-state index contributed by atoms with van der Waals surface area (Å²) in [5.41, 5.74) is 6.89. The van der Waals surface area contributed by atoms with Gasteiger partial charge in [-0.05, 0) is 42.7 Å². The van der Waals surface area contributed by atoms with Crippen LogP contribution >= 0.6 is 0 Å². The van der Waals surface area contributed by atoms with Crippen LogP contribution in [0.4, 0.5) is 11.5 Å². The lowest BCUT2D eigenvalue weighted by Crippen LogP contribution is -2.11. The minimum Gasteiger partial charge on any atom is -0.476 e. The fraction of sp³-hybridized carbons (Fsp3) is 0.643. The fourth-order valence-corrected chi connectivity index (χ4v) is 2.02. The molecule has 1 aromatic heterocycles. The van der Waals surface area contributed by atoms with Gasteiger partial charge in [0.25, 0.3) is 0 Å². The molecular formula is C14H21N3O. The highest BCUT2D eigenvalue weighted by Gasteiger charge is 2.45. The highest BCUT2D eigenvalue weighted by molar-refractivity contribution is 5.54. The number of aromatic nitrogens is 1. The first-order valence-electron chi connectivity index (χ1n) is 6.70. The maximum Gasteiger partial charge on any atom is 0.239 e. The van der Waals surface area contributed by atoms with E-state index in [1.807, 2.05) is 12.1 Å². The number of nitrogens with zero attached hydrogens (tertiary/aromatic N) is 1. The summed E-state index contributed by atoms with van der Waals surface area (Å²) in [5, 5.41) is 3.43. The van der Waals surface area contributed by atoms with Crippen LogP contribution in [-0.2, 0) is 0 Å². The third-order valence-electron chi connectivity index (χ3n) is 3.88. The molecule has 0 bridgehead atoms. The smallest absolute Gasteiger partial charge is 0.239 e. The van der Waals surface area contributed by atoms with Crippen LogP contribution in [0.1, 0.15) is 33.1 Å². The number of pyridine rings is 1. The maximum atomic E-state index is 5.88. The Morgan fingerprint density at radius 1 is 1.44 bits per heavy atom. The van der Waals surface area contributed by atoms with Crippen LogP contribution in [-0.4, -0.2) is 17.6 Å². The van der Waals surface area contributed by atoms with Gasteiger partial charge in [-0.25, -0.2) is 0 Å². The van der Waals surface area contributed by atoms with E-state index in [1.165, 1.54) is 19.3 Å². The van der Waals surface area contributed by atoms with Crippen molar-refractivity contribution in [1.29, 1.82) is 0 Å². The molecule has 1 aromatic rings. The molecule has 0 aromatic carbocycles. The molecule has 4 heteroatoms. The molecule has 98 valence electrons. The zero-order valence-electron chi connectivity index (χ0n) is 11.1. The molecule has 2 saturated carbocycles. The lowest BCUT2D eigenvalue weighted by atomic mass is 10.2. The molecule has 3 N–H and O–H groups in total. The minimum absolute atomic E-state index is 0.387. The van der Waals surface area contributed by atoms with Crippen molar-refractivity contribution in [3.05, 3.63) is 12.1 Å². The molecule has 0 spiro atoms. The molecule has 1 heterocycles. The number of nitrogen functional groups attached to an aromatic ring is 1. The van der Waals surface area contributed by atoms with Gasteiger partial charge in [0.05, 0.1) is 12.3 Å². The Bertz CT molecular complexity index is 454. The van der Waals surface area contributed by atoms with E-state index < -0.39 is 0 Å². The fourth-order valence-electron chi connectivity index (χ4n) is 2.02. The summed E-state index contributed by atoms with van der Waals surface area (Å²) in [5.74, 6) is 2.15. The standard InChI is InChI=1S/C14H21N3O/c1-14(2)7-11(14)16-12-6-5-10(15)13(17-12)18-8-9-3-4-9/h5-6,9,11H,3-4,7-8,15H2,1-2H3,(H,16,17). The molecule has 4 nitrogen and oxygen atoms in total. The highest BCUT2D eigenvalue weighted by Crippen LogP contribution is 2.46. The van der Waals surface area contributed by atoms with Crippen molar-refractivity contribution in [2.45, 2.75) is 39.2 Å². The summed E-state index contributed by atoms with van der Waals surface area (Å²) in [6.07, 6.45) is 3.74. The molecular weight excluding hydrogens is 226 g/mol. The van der Waals surface area contributed by atoms with E-state index in [2.05, 4.69) is 24.1 Å². The average molecular weight is 247 g/mol. The first kappa shape index (κ1) is 11.6. The van der Waals surface area contributed by atoms with E-state index in [1.54, 1.807) is 0 Å². The van der Waals surface area contributed by atoms with Gasteiger partial charge in [-0.1, -0.05) is 13.8 Å². The van der Waals surface area contributed by atoms with E-state index in [-0.39, 0.29) is 0 Å². The van der Waals surface area contributed by atoms with Crippen molar-refractivity contribution in [1.82, 2.24) is 4.98 Å². The van der Waals surface area contributed by atoms with Gasteiger partial charge in [0.1, 0.15) is 5.82 Å². The number of rotatable bonds is 5. The molecule has 3 rings (SSSR count). The summed E-state index contributed by atoms with van der Waals surface area (Å²) in [7, 11) is 0.